The average molecular weight is 371 g/mol. The molecule has 1 aromatic carbocycles. The van der Waals surface area contributed by atoms with Crippen molar-refractivity contribution < 1.29 is 23.6 Å². The van der Waals surface area contributed by atoms with Crippen LogP contribution in [0.3, 0.4) is 0 Å². The fraction of sp³-hybridized carbons (Fsp3) is 0.263. The van der Waals surface area contributed by atoms with Crippen LogP contribution < -0.4 is 16.2 Å². The number of nitrogens with one attached hydrogen (secondary N) is 3. The van der Waals surface area contributed by atoms with Crippen LogP contribution in [0.2, 0.25) is 0 Å². The van der Waals surface area contributed by atoms with Gasteiger partial charge in [-0.2, -0.15) is 0 Å². The zero-order chi connectivity index (χ0) is 19.8. The van der Waals surface area contributed by atoms with Gasteiger partial charge >= 0.3 is 11.8 Å². The van der Waals surface area contributed by atoms with Crippen molar-refractivity contribution in [3.05, 3.63) is 59.0 Å². The van der Waals surface area contributed by atoms with Crippen LogP contribution in [0.15, 0.2) is 41.0 Å². The van der Waals surface area contributed by atoms with Gasteiger partial charge in [0.1, 0.15) is 5.76 Å². The van der Waals surface area contributed by atoms with Crippen LogP contribution in [0.25, 0.3) is 0 Å². The molecule has 2 aromatic rings. The number of Topliss-reactive ketones (excluding diaryl/α,β-unsaturated/α-hetero) is 1. The highest BCUT2D eigenvalue weighted by Crippen LogP contribution is 2.12. The Kier molecular flexibility index (Phi) is 6.87. The van der Waals surface area contributed by atoms with Crippen molar-refractivity contribution >= 4 is 23.5 Å². The largest absolute Gasteiger partial charge is 0.467 e. The standard InChI is InChI=1S/C19H21N3O5/c1-12-5-6-14(10-13(12)2)16(23)7-8-17(24)21-22-19(26)18(25)20-11-15-4-3-9-27-15/h3-6,9-10H,7-8,11H2,1-2H3,(H,20,25)(H,21,24)(H,22,26). The molecular weight excluding hydrogens is 350 g/mol. The number of ketones is 1. The molecule has 0 saturated carbocycles. The molecule has 2 rings (SSSR count). The van der Waals surface area contributed by atoms with E-state index in [-0.39, 0.29) is 25.2 Å². The highest BCUT2D eigenvalue weighted by atomic mass is 16.3. The Labute approximate surface area is 156 Å². The van der Waals surface area contributed by atoms with Crippen molar-refractivity contribution in [1.29, 1.82) is 0 Å². The van der Waals surface area contributed by atoms with Gasteiger partial charge in [-0.15, -0.1) is 0 Å². The van der Waals surface area contributed by atoms with E-state index in [0.717, 1.165) is 11.1 Å². The molecule has 0 radical (unpaired) electrons. The minimum Gasteiger partial charge on any atom is -0.467 e. The molecule has 3 amide bonds. The van der Waals surface area contributed by atoms with Crippen molar-refractivity contribution in [2.75, 3.05) is 0 Å². The number of carbonyl (C=O) groups excluding carboxylic acids is 4. The molecular formula is C19H21N3O5. The fourth-order valence-electron chi connectivity index (χ4n) is 2.19. The summed E-state index contributed by atoms with van der Waals surface area (Å²) in [4.78, 5) is 47.1. The van der Waals surface area contributed by atoms with E-state index in [1.165, 1.54) is 6.26 Å². The number of carbonyl (C=O) groups is 4. The second kappa shape index (κ2) is 9.33. The number of hydrogen-bond acceptors (Lipinski definition) is 5. The molecule has 0 aliphatic rings. The lowest BCUT2D eigenvalue weighted by Gasteiger charge is -2.08. The summed E-state index contributed by atoms with van der Waals surface area (Å²) in [6.45, 7) is 3.91. The molecule has 1 heterocycles. The lowest BCUT2D eigenvalue weighted by atomic mass is 10.0. The van der Waals surface area contributed by atoms with Crippen molar-refractivity contribution in [1.82, 2.24) is 16.2 Å². The minimum absolute atomic E-state index is 0.00506. The minimum atomic E-state index is -1.02. The van der Waals surface area contributed by atoms with Crippen LogP contribution in [-0.4, -0.2) is 23.5 Å². The van der Waals surface area contributed by atoms with Crippen LogP contribution >= 0.6 is 0 Å². The Hall–Kier alpha value is -3.42. The SMILES string of the molecule is Cc1ccc(C(=O)CCC(=O)NNC(=O)C(=O)NCc2ccco2)cc1C. The van der Waals surface area contributed by atoms with Crippen LogP contribution in [-0.2, 0) is 20.9 Å². The zero-order valence-electron chi connectivity index (χ0n) is 15.1. The predicted molar refractivity (Wildman–Crippen MR) is 96.3 cm³/mol. The number of hydrazine groups is 1. The Morgan fingerprint density at radius 2 is 1.70 bits per heavy atom. The van der Waals surface area contributed by atoms with Gasteiger partial charge in [0.25, 0.3) is 0 Å². The summed E-state index contributed by atoms with van der Waals surface area (Å²) < 4.78 is 5.02. The van der Waals surface area contributed by atoms with Crippen LogP contribution in [0.5, 0.6) is 0 Å². The number of amides is 3. The third kappa shape index (κ3) is 6.10. The number of rotatable bonds is 6. The normalized spacial score (nSPS) is 10.1. The quantitative estimate of drug-likeness (QED) is 0.402. The molecule has 1 aromatic heterocycles. The smallest absolute Gasteiger partial charge is 0.327 e. The molecule has 142 valence electrons. The van der Waals surface area contributed by atoms with Crippen molar-refractivity contribution in [3.8, 4) is 0 Å². The van der Waals surface area contributed by atoms with E-state index in [2.05, 4.69) is 10.7 Å². The van der Waals surface area contributed by atoms with E-state index in [9.17, 15) is 19.2 Å². The fourth-order valence-corrected chi connectivity index (χ4v) is 2.19. The van der Waals surface area contributed by atoms with Crippen LogP contribution in [0.1, 0.15) is 40.1 Å². The second-order valence-corrected chi connectivity index (χ2v) is 5.99. The average Bonchev–Trinajstić information content (AvgIpc) is 3.17. The van der Waals surface area contributed by atoms with E-state index in [1.807, 2.05) is 25.3 Å². The Morgan fingerprint density at radius 3 is 2.37 bits per heavy atom. The van der Waals surface area contributed by atoms with E-state index in [1.54, 1.807) is 24.3 Å². The molecule has 0 spiro atoms. The van der Waals surface area contributed by atoms with Crippen LogP contribution in [0.4, 0.5) is 0 Å². The van der Waals surface area contributed by atoms with E-state index in [4.69, 9.17) is 4.42 Å². The first-order valence-corrected chi connectivity index (χ1v) is 8.36. The molecule has 0 fully saturated rings. The summed E-state index contributed by atoms with van der Waals surface area (Å²) in [5.74, 6) is -2.19. The maximum atomic E-state index is 12.1. The summed E-state index contributed by atoms with van der Waals surface area (Å²) >= 11 is 0. The number of hydrogen-bond donors (Lipinski definition) is 3. The van der Waals surface area contributed by atoms with Gasteiger partial charge in [-0.3, -0.25) is 30.0 Å². The van der Waals surface area contributed by atoms with Gasteiger partial charge in [0, 0.05) is 18.4 Å². The maximum Gasteiger partial charge on any atom is 0.327 e. The Balaban J connectivity index is 1.70. The molecule has 0 unspecified atom stereocenters. The third-order valence-corrected chi connectivity index (χ3v) is 3.93. The summed E-state index contributed by atoms with van der Waals surface area (Å²) in [6.07, 6.45) is 1.33. The van der Waals surface area contributed by atoms with Gasteiger partial charge in [0.05, 0.1) is 12.8 Å². The first kappa shape index (κ1) is 19.9. The van der Waals surface area contributed by atoms with Gasteiger partial charge in [-0.25, -0.2) is 0 Å². The lowest BCUT2D eigenvalue weighted by molar-refractivity contribution is -0.141. The van der Waals surface area contributed by atoms with Crippen molar-refractivity contribution in [2.24, 2.45) is 0 Å². The molecule has 0 bridgehead atoms. The summed E-state index contributed by atoms with van der Waals surface area (Å²) in [7, 11) is 0. The molecule has 27 heavy (non-hydrogen) atoms. The second-order valence-electron chi connectivity index (χ2n) is 5.99. The Bertz CT molecular complexity index is 843. The maximum absolute atomic E-state index is 12.1. The molecule has 0 atom stereocenters. The topological polar surface area (TPSA) is 118 Å². The molecule has 0 aliphatic carbocycles. The van der Waals surface area contributed by atoms with E-state index >= 15 is 0 Å². The first-order chi connectivity index (χ1) is 12.9. The van der Waals surface area contributed by atoms with Crippen molar-refractivity contribution in [3.63, 3.8) is 0 Å². The molecule has 0 aliphatic heterocycles. The predicted octanol–water partition coefficient (Wildman–Crippen LogP) is 1.32. The summed E-state index contributed by atoms with van der Waals surface area (Å²) in [6, 6.07) is 8.64. The van der Waals surface area contributed by atoms with Crippen LogP contribution in [0, 0.1) is 13.8 Å². The summed E-state index contributed by atoms with van der Waals surface area (Å²) in [5, 5.41) is 2.34. The zero-order valence-corrected chi connectivity index (χ0v) is 15.1. The molecule has 0 saturated heterocycles. The number of furan rings is 1. The highest BCUT2D eigenvalue weighted by Gasteiger charge is 2.15. The molecule has 8 heteroatoms. The monoisotopic (exact) mass is 371 g/mol. The van der Waals surface area contributed by atoms with E-state index in [0.29, 0.717) is 11.3 Å². The van der Waals surface area contributed by atoms with E-state index < -0.39 is 17.7 Å². The molecule has 8 nitrogen and oxygen atoms in total. The number of aryl methyl sites for hydroxylation is 2. The van der Waals surface area contributed by atoms with Gasteiger partial charge < -0.3 is 9.73 Å². The van der Waals surface area contributed by atoms with Gasteiger partial charge in [0.2, 0.25) is 5.91 Å². The first-order valence-electron chi connectivity index (χ1n) is 8.36. The van der Waals surface area contributed by atoms with Gasteiger partial charge in [0.15, 0.2) is 5.78 Å². The van der Waals surface area contributed by atoms with Gasteiger partial charge in [-0.05, 0) is 43.2 Å². The van der Waals surface area contributed by atoms with Crippen molar-refractivity contribution in [2.45, 2.75) is 33.2 Å². The Morgan fingerprint density at radius 1 is 0.926 bits per heavy atom. The number of benzene rings is 1. The highest BCUT2D eigenvalue weighted by molar-refractivity contribution is 6.35. The summed E-state index contributed by atoms with van der Waals surface area (Å²) in [5.41, 5.74) is 6.72. The van der Waals surface area contributed by atoms with Gasteiger partial charge in [-0.1, -0.05) is 12.1 Å². The third-order valence-electron chi connectivity index (χ3n) is 3.93. The lowest BCUT2D eigenvalue weighted by Crippen LogP contribution is -2.48. The molecule has 3 N–H and O–H groups in total.